The smallest absolute Gasteiger partial charge is 0.291 e. The second-order valence-corrected chi connectivity index (χ2v) is 9.41. The lowest BCUT2D eigenvalue weighted by atomic mass is 9.99. The molecule has 0 spiro atoms. The van der Waals surface area contributed by atoms with Crippen molar-refractivity contribution in [2.75, 3.05) is 50.1 Å². The molecule has 2 saturated heterocycles. The lowest BCUT2D eigenvalue weighted by Crippen LogP contribution is -2.54. The van der Waals surface area contributed by atoms with Gasteiger partial charge in [0, 0.05) is 40.2 Å². The third-order valence-corrected chi connectivity index (χ3v) is 5.67. The summed E-state index contributed by atoms with van der Waals surface area (Å²) in [4.78, 5) is 38.6. The van der Waals surface area contributed by atoms with Crippen molar-refractivity contribution in [3.05, 3.63) is 48.7 Å². The third kappa shape index (κ3) is 6.97. The quantitative estimate of drug-likeness (QED) is 0.272. The van der Waals surface area contributed by atoms with Crippen LogP contribution >= 0.6 is 9.24 Å². The van der Waals surface area contributed by atoms with Crippen molar-refractivity contribution in [3.63, 3.8) is 0 Å². The Bertz CT molecular complexity index is 1000. The number of anilines is 2. The van der Waals surface area contributed by atoms with Crippen LogP contribution in [0.15, 0.2) is 48.7 Å². The van der Waals surface area contributed by atoms with E-state index in [-0.39, 0.29) is 23.5 Å². The van der Waals surface area contributed by atoms with E-state index in [1.807, 2.05) is 4.90 Å². The van der Waals surface area contributed by atoms with Crippen LogP contribution in [0.4, 0.5) is 20.4 Å². The standard InChI is InChI=1S/C23H30F2N5O4P/c1-5-18(7-6-15(2)33-14-23(24,25)35)34-19-8-9-30(21(19)32)17-10-26-22(27-11-17)29-12-16(13-29)20(31)28(3)4/h5-7,10-11,16,19H,1,8-9,12-14,35H2,2-4H3/b15-6+,18-7+. The minimum absolute atomic E-state index is 0.0600. The number of rotatable bonds is 10. The summed E-state index contributed by atoms with van der Waals surface area (Å²) >= 11 is 0. The van der Waals surface area contributed by atoms with Gasteiger partial charge >= 0.3 is 0 Å². The molecule has 0 radical (unpaired) electrons. The van der Waals surface area contributed by atoms with E-state index in [4.69, 9.17) is 9.47 Å². The average molecular weight is 509 g/mol. The summed E-state index contributed by atoms with van der Waals surface area (Å²) in [5.41, 5.74) is -2.46. The summed E-state index contributed by atoms with van der Waals surface area (Å²) < 4.78 is 36.5. The zero-order valence-electron chi connectivity index (χ0n) is 20.0. The van der Waals surface area contributed by atoms with Gasteiger partial charge in [-0.25, -0.2) is 9.97 Å². The minimum Gasteiger partial charge on any atom is -0.492 e. The highest BCUT2D eigenvalue weighted by Crippen LogP contribution is 2.27. The van der Waals surface area contributed by atoms with Gasteiger partial charge in [-0.3, -0.25) is 9.59 Å². The molecule has 1 aromatic heterocycles. The highest BCUT2D eigenvalue weighted by atomic mass is 31.0. The highest BCUT2D eigenvalue weighted by Gasteiger charge is 2.37. The summed E-state index contributed by atoms with van der Waals surface area (Å²) in [7, 11) is 4.88. The number of hydrogen-bond acceptors (Lipinski definition) is 7. The monoisotopic (exact) mass is 509 g/mol. The Morgan fingerprint density at radius 3 is 2.54 bits per heavy atom. The van der Waals surface area contributed by atoms with Crippen LogP contribution in [0, 0.1) is 5.92 Å². The van der Waals surface area contributed by atoms with E-state index >= 15 is 0 Å². The number of halogens is 2. The molecule has 2 atom stereocenters. The van der Waals surface area contributed by atoms with Crippen LogP contribution in [0.2, 0.25) is 0 Å². The summed E-state index contributed by atoms with van der Waals surface area (Å²) in [6.45, 7) is 6.00. The van der Waals surface area contributed by atoms with Crippen molar-refractivity contribution in [3.8, 4) is 0 Å². The van der Waals surface area contributed by atoms with Crippen LogP contribution in [-0.2, 0) is 19.1 Å². The van der Waals surface area contributed by atoms with Gasteiger partial charge in [-0.2, -0.15) is 8.78 Å². The van der Waals surface area contributed by atoms with Gasteiger partial charge in [-0.1, -0.05) is 15.8 Å². The first kappa shape index (κ1) is 26.5. The molecule has 3 heterocycles. The highest BCUT2D eigenvalue weighted by molar-refractivity contribution is 7.18. The molecule has 9 nitrogen and oxygen atoms in total. The second-order valence-electron chi connectivity index (χ2n) is 8.56. The van der Waals surface area contributed by atoms with Crippen molar-refractivity contribution in [1.29, 1.82) is 0 Å². The molecular formula is C23H30F2N5O4P. The van der Waals surface area contributed by atoms with Crippen molar-refractivity contribution >= 4 is 32.7 Å². The Balaban J connectivity index is 1.55. The van der Waals surface area contributed by atoms with E-state index in [1.165, 1.54) is 27.5 Å². The van der Waals surface area contributed by atoms with Crippen molar-refractivity contribution in [2.24, 2.45) is 5.92 Å². The zero-order chi connectivity index (χ0) is 25.8. The molecule has 2 aliphatic rings. The minimum atomic E-state index is -3.01. The van der Waals surface area contributed by atoms with E-state index in [1.54, 1.807) is 43.2 Å². The number of carbonyl (C=O) groups is 2. The predicted octanol–water partition coefficient (Wildman–Crippen LogP) is 2.58. The Morgan fingerprint density at radius 2 is 1.97 bits per heavy atom. The van der Waals surface area contributed by atoms with Gasteiger partial charge in [0.05, 0.1) is 29.8 Å². The fraction of sp³-hybridized carbons (Fsp3) is 0.478. The van der Waals surface area contributed by atoms with Gasteiger partial charge in [0.25, 0.3) is 11.6 Å². The molecule has 0 aromatic carbocycles. The molecule has 3 rings (SSSR count). The third-order valence-electron chi connectivity index (χ3n) is 5.50. The Kier molecular flexibility index (Phi) is 8.43. The van der Waals surface area contributed by atoms with E-state index in [0.29, 0.717) is 43.4 Å². The molecule has 2 unspecified atom stereocenters. The molecule has 0 bridgehead atoms. The van der Waals surface area contributed by atoms with Gasteiger partial charge in [0.15, 0.2) is 12.7 Å². The molecular weight excluding hydrogens is 479 g/mol. The van der Waals surface area contributed by atoms with Crippen LogP contribution in [-0.4, -0.2) is 78.8 Å². The molecule has 0 aliphatic carbocycles. The van der Waals surface area contributed by atoms with Crippen LogP contribution in [0.1, 0.15) is 13.3 Å². The first-order valence-corrected chi connectivity index (χ1v) is 11.6. The normalized spacial score (nSPS) is 19.5. The van der Waals surface area contributed by atoms with Gasteiger partial charge in [0.1, 0.15) is 5.76 Å². The van der Waals surface area contributed by atoms with Gasteiger partial charge in [-0.05, 0) is 25.2 Å². The van der Waals surface area contributed by atoms with Crippen LogP contribution in [0.25, 0.3) is 0 Å². The molecule has 2 aliphatic heterocycles. The number of hydrogen-bond donors (Lipinski definition) is 0. The maximum Gasteiger partial charge on any atom is 0.291 e. The summed E-state index contributed by atoms with van der Waals surface area (Å²) in [5, 5.41) is 0. The van der Waals surface area contributed by atoms with Gasteiger partial charge < -0.3 is 24.2 Å². The molecule has 12 heteroatoms. The molecule has 35 heavy (non-hydrogen) atoms. The lowest BCUT2D eigenvalue weighted by molar-refractivity contribution is -0.133. The fourth-order valence-electron chi connectivity index (χ4n) is 3.58. The van der Waals surface area contributed by atoms with E-state index in [0.717, 1.165) is 0 Å². The number of carbonyl (C=O) groups excluding carboxylic acids is 2. The maximum absolute atomic E-state index is 12.9. The summed E-state index contributed by atoms with van der Waals surface area (Å²) in [6.07, 6.45) is 7.31. The molecule has 1 aromatic rings. The number of allylic oxidation sites excluding steroid dienone is 4. The van der Waals surface area contributed by atoms with Gasteiger partial charge in [0.2, 0.25) is 11.9 Å². The first-order chi connectivity index (χ1) is 16.5. The number of aromatic nitrogens is 2. The first-order valence-electron chi connectivity index (χ1n) is 11.0. The molecule has 0 N–H and O–H groups in total. The molecule has 190 valence electrons. The van der Waals surface area contributed by atoms with Gasteiger partial charge in [-0.15, -0.1) is 0 Å². The van der Waals surface area contributed by atoms with E-state index < -0.39 is 18.4 Å². The van der Waals surface area contributed by atoms with Crippen molar-refractivity contribution < 1.29 is 27.8 Å². The Labute approximate surface area is 205 Å². The zero-order valence-corrected chi connectivity index (χ0v) is 21.1. The van der Waals surface area contributed by atoms with Crippen LogP contribution in [0.5, 0.6) is 0 Å². The topological polar surface area (TPSA) is 88.1 Å². The largest absolute Gasteiger partial charge is 0.492 e. The number of amides is 2. The molecule has 2 fully saturated rings. The number of alkyl halides is 2. The van der Waals surface area contributed by atoms with Crippen LogP contribution in [0.3, 0.4) is 0 Å². The molecule has 2 amide bonds. The van der Waals surface area contributed by atoms with Crippen LogP contribution < -0.4 is 9.80 Å². The lowest BCUT2D eigenvalue weighted by Gasteiger charge is -2.39. The molecule has 0 saturated carbocycles. The SMILES string of the molecule is C=C/C(=C\C=C(/C)OCC(F)(F)P)OC1CCN(c2cnc(N3CC(C(=O)N(C)C)C3)nc2)C1=O. The second kappa shape index (κ2) is 11.1. The van der Waals surface area contributed by atoms with E-state index in [9.17, 15) is 18.4 Å². The number of ether oxygens (including phenoxy) is 2. The summed E-state index contributed by atoms with van der Waals surface area (Å²) in [6, 6.07) is 0. The van der Waals surface area contributed by atoms with Crippen molar-refractivity contribution in [2.45, 2.75) is 25.1 Å². The Morgan fingerprint density at radius 1 is 1.31 bits per heavy atom. The summed E-state index contributed by atoms with van der Waals surface area (Å²) in [5.74, 6) is 0.879. The number of nitrogens with zero attached hydrogens (tertiary/aromatic N) is 5. The fourth-order valence-corrected chi connectivity index (χ4v) is 3.66. The predicted molar refractivity (Wildman–Crippen MR) is 131 cm³/mol. The van der Waals surface area contributed by atoms with E-state index in [2.05, 4.69) is 16.5 Å². The Hall–Kier alpha value is -3.07. The maximum atomic E-state index is 12.9. The average Bonchev–Trinajstić information content (AvgIpc) is 3.13. The van der Waals surface area contributed by atoms with Crippen molar-refractivity contribution in [1.82, 2.24) is 14.9 Å².